The lowest BCUT2D eigenvalue weighted by molar-refractivity contribution is 0.0243. The van der Waals surface area contributed by atoms with Crippen LogP contribution in [0.3, 0.4) is 0 Å². The van der Waals surface area contributed by atoms with E-state index in [4.69, 9.17) is 10.7 Å². The molecule has 3 nitrogen and oxygen atoms in total. The molecule has 2 rings (SSSR count). The number of hydrogen-bond donors (Lipinski definition) is 1. The third-order valence-electron chi connectivity index (χ3n) is 3.83. The number of benzene rings is 1. The van der Waals surface area contributed by atoms with Gasteiger partial charge in [-0.3, -0.25) is 0 Å². The van der Waals surface area contributed by atoms with Crippen molar-refractivity contribution in [1.29, 1.82) is 0 Å². The van der Waals surface area contributed by atoms with E-state index in [1.165, 1.54) is 11.3 Å². The first-order chi connectivity index (χ1) is 8.20. The third-order valence-corrected chi connectivity index (χ3v) is 3.83. The van der Waals surface area contributed by atoms with Crippen molar-refractivity contribution in [3.05, 3.63) is 29.8 Å². The van der Waals surface area contributed by atoms with Gasteiger partial charge in [0, 0.05) is 18.8 Å². The molecule has 0 atom stereocenters. The first-order valence-corrected chi connectivity index (χ1v) is 6.35. The van der Waals surface area contributed by atoms with Gasteiger partial charge in [0.05, 0.1) is 6.10 Å². The second-order valence-corrected chi connectivity index (χ2v) is 5.01. The van der Waals surface area contributed by atoms with Gasteiger partial charge in [-0.1, -0.05) is 17.7 Å². The lowest BCUT2D eigenvalue weighted by atomic mass is 9.92. The highest BCUT2D eigenvalue weighted by molar-refractivity contribution is 5.47. The second kappa shape index (κ2) is 5.52. The third kappa shape index (κ3) is 2.99. The monoisotopic (exact) mass is 234 g/mol. The van der Waals surface area contributed by atoms with Crippen molar-refractivity contribution >= 4 is 5.69 Å². The summed E-state index contributed by atoms with van der Waals surface area (Å²) in [5.41, 5.74) is 2.61. The number of rotatable bonds is 3. The molecule has 0 amide bonds. The average Bonchev–Trinajstić information content (AvgIpc) is 2.39. The van der Waals surface area contributed by atoms with Gasteiger partial charge < -0.3 is 9.74 Å². The summed E-state index contributed by atoms with van der Waals surface area (Å²) in [5, 5.41) is 0. The molecular formula is C14H22N2O. The van der Waals surface area contributed by atoms with Gasteiger partial charge in [0.15, 0.2) is 0 Å². The van der Waals surface area contributed by atoms with Crippen LogP contribution in [0.4, 0.5) is 5.69 Å². The fourth-order valence-electron chi connectivity index (χ4n) is 2.56. The van der Waals surface area contributed by atoms with E-state index in [0.717, 1.165) is 25.7 Å². The first-order valence-electron chi connectivity index (χ1n) is 6.35. The Balaban J connectivity index is 1.96. The Bertz CT molecular complexity index is 342. The van der Waals surface area contributed by atoms with Gasteiger partial charge >= 0.3 is 0 Å². The minimum atomic E-state index is 0.262. The predicted molar refractivity (Wildman–Crippen MR) is 70.9 cm³/mol. The first kappa shape index (κ1) is 12.4. The zero-order valence-corrected chi connectivity index (χ0v) is 10.7. The van der Waals surface area contributed by atoms with Crippen LogP contribution in [0.1, 0.15) is 31.2 Å². The molecule has 1 aliphatic rings. The number of nitrogens with zero attached hydrogens (tertiary/aromatic N) is 1. The Morgan fingerprint density at radius 3 is 2.24 bits per heavy atom. The molecule has 0 radical (unpaired) electrons. The maximum atomic E-state index is 5.24. The molecule has 17 heavy (non-hydrogen) atoms. The molecule has 0 saturated heterocycles. The quantitative estimate of drug-likeness (QED) is 0.817. The molecule has 0 unspecified atom stereocenters. The van der Waals surface area contributed by atoms with E-state index in [0.29, 0.717) is 6.04 Å². The SMILES string of the molecule is Cc1ccc(N(C)C2CCC(ON)CC2)cc1. The van der Waals surface area contributed by atoms with Crippen LogP contribution < -0.4 is 10.8 Å². The van der Waals surface area contributed by atoms with Gasteiger partial charge in [0.2, 0.25) is 0 Å². The van der Waals surface area contributed by atoms with Crippen LogP contribution in [0.2, 0.25) is 0 Å². The minimum Gasteiger partial charge on any atom is -0.372 e. The van der Waals surface area contributed by atoms with E-state index in [2.05, 4.69) is 43.1 Å². The molecule has 0 heterocycles. The Kier molecular flexibility index (Phi) is 4.02. The van der Waals surface area contributed by atoms with Crippen molar-refractivity contribution in [1.82, 2.24) is 0 Å². The summed E-state index contributed by atoms with van der Waals surface area (Å²) in [4.78, 5) is 7.30. The van der Waals surface area contributed by atoms with Crippen molar-refractivity contribution in [2.75, 3.05) is 11.9 Å². The topological polar surface area (TPSA) is 38.5 Å². The van der Waals surface area contributed by atoms with Crippen molar-refractivity contribution in [3.63, 3.8) is 0 Å². The summed E-state index contributed by atoms with van der Waals surface area (Å²) >= 11 is 0. The van der Waals surface area contributed by atoms with Crippen molar-refractivity contribution in [3.8, 4) is 0 Å². The summed E-state index contributed by atoms with van der Waals surface area (Å²) in [7, 11) is 2.18. The second-order valence-electron chi connectivity index (χ2n) is 5.01. The molecule has 0 spiro atoms. The molecule has 1 saturated carbocycles. The van der Waals surface area contributed by atoms with Gasteiger partial charge in [-0.2, -0.15) is 0 Å². The summed E-state index contributed by atoms with van der Waals surface area (Å²) in [5.74, 6) is 5.24. The van der Waals surface area contributed by atoms with Crippen LogP contribution in [-0.4, -0.2) is 19.2 Å². The molecular weight excluding hydrogens is 212 g/mol. The van der Waals surface area contributed by atoms with E-state index >= 15 is 0 Å². The molecule has 2 N–H and O–H groups in total. The zero-order valence-electron chi connectivity index (χ0n) is 10.7. The van der Waals surface area contributed by atoms with E-state index in [9.17, 15) is 0 Å². The Morgan fingerprint density at radius 2 is 1.71 bits per heavy atom. The molecule has 1 aliphatic carbocycles. The summed E-state index contributed by atoms with van der Waals surface area (Å²) in [6.07, 6.45) is 4.71. The largest absolute Gasteiger partial charge is 0.372 e. The van der Waals surface area contributed by atoms with Crippen LogP contribution in [0.25, 0.3) is 0 Å². The number of nitrogens with two attached hydrogens (primary N) is 1. The summed E-state index contributed by atoms with van der Waals surface area (Å²) in [6, 6.07) is 9.34. The van der Waals surface area contributed by atoms with Gasteiger partial charge in [-0.15, -0.1) is 0 Å². The Labute approximate surface area is 104 Å². The van der Waals surface area contributed by atoms with Crippen LogP contribution >= 0.6 is 0 Å². The molecule has 3 heteroatoms. The highest BCUT2D eigenvalue weighted by Crippen LogP contribution is 2.27. The molecule has 1 aromatic carbocycles. The number of aryl methyl sites for hydroxylation is 1. The van der Waals surface area contributed by atoms with Gasteiger partial charge in [0.1, 0.15) is 0 Å². The van der Waals surface area contributed by atoms with Gasteiger partial charge in [-0.05, 0) is 44.7 Å². The minimum absolute atomic E-state index is 0.262. The average molecular weight is 234 g/mol. The molecule has 0 aliphatic heterocycles. The van der Waals surface area contributed by atoms with Crippen LogP contribution in [0.15, 0.2) is 24.3 Å². The van der Waals surface area contributed by atoms with Crippen LogP contribution in [-0.2, 0) is 4.84 Å². The van der Waals surface area contributed by atoms with Gasteiger partial charge in [0.25, 0.3) is 0 Å². The van der Waals surface area contributed by atoms with Crippen LogP contribution in [0.5, 0.6) is 0 Å². The maximum Gasteiger partial charge on any atom is 0.0789 e. The van der Waals surface area contributed by atoms with Crippen molar-refractivity contribution in [2.24, 2.45) is 5.90 Å². The molecule has 0 bridgehead atoms. The Hall–Kier alpha value is -1.06. The predicted octanol–water partition coefficient (Wildman–Crippen LogP) is 2.63. The maximum absolute atomic E-state index is 5.24. The van der Waals surface area contributed by atoms with E-state index in [1.807, 2.05) is 0 Å². The zero-order chi connectivity index (χ0) is 12.3. The summed E-state index contributed by atoms with van der Waals surface area (Å²) in [6.45, 7) is 2.12. The molecule has 1 fully saturated rings. The lowest BCUT2D eigenvalue weighted by Gasteiger charge is -2.35. The van der Waals surface area contributed by atoms with E-state index < -0.39 is 0 Å². The van der Waals surface area contributed by atoms with E-state index in [-0.39, 0.29) is 6.10 Å². The fraction of sp³-hybridized carbons (Fsp3) is 0.571. The highest BCUT2D eigenvalue weighted by Gasteiger charge is 2.24. The Morgan fingerprint density at radius 1 is 1.12 bits per heavy atom. The van der Waals surface area contributed by atoms with Gasteiger partial charge in [-0.25, -0.2) is 5.90 Å². The normalized spacial score (nSPS) is 24.6. The van der Waals surface area contributed by atoms with Crippen molar-refractivity contribution < 1.29 is 4.84 Å². The number of hydrogen-bond acceptors (Lipinski definition) is 3. The molecule has 0 aromatic heterocycles. The van der Waals surface area contributed by atoms with Crippen LogP contribution in [0, 0.1) is 6.92 Å². The van der Waals surface area contributed by atoms with E-state index in [1.54, 1.807) is 0 Å². The van der Waals surface area contributed by atoms with Crippen molar-refractivity contribution in [2.45, 2.75) is 44.8 Å². The highest BCUT2D eigenvalue weighted by atomic mass is 16.6. The lowest BCUT2D eigenvalue weighted by Crippen LogP contribution is -2.37. The summed E-state index contributed by atoms with van der Waals surface area (Å²) < 4.78 is 0. The molecule has 94 valence electrons. The fourth-order valence-corrected chi connectivity index (χ4v) is 2.56. The smallest absolute Gasteiger partial charge is 0.0789 e. The molecule has 1 aromatic rings. The standard InChI is InChI=1S/C14H22N2O/c1-11-3-5-12(6-4-11)16(2)13-7-9-14(17-15)10-8-13/h3-6,13-14H,7-10,15H2,1-2H3. The number of anilines is 1.